The summed E-state index contributed by atoms with van der Waals surface area (Å²) in [5.74, 6) is -0.0345. The maximum absolute atomic E-state index is 11.6. The van der Waals surface area contributed by atoms with Crippen LogP contribution in [0.2, 0.25) is 0 Å². The zero-order valence-corrected chi connectivity index (χ0v) is 12.1. The number of carbonyl (C=O) groups is 1. The first-order valence-electron chi connectivity index (χ1n) is 6.90. The summed E-state index contributed by atoms with van der Waals surface area (Å²) in [6, 6.07) is 8.10. The van der Waals surface area contributed by atoms with Crippen LogP contribution in [0.25, 0.3) is 6.08 Å². The Kier molecular flexibility index (Phi) is 6.90. The first-order chi connectivity index (χ1) is 9.15. The second kappa shape index (κ2) is 8.48. The highest BCUT2D eigenvalue weighted by Gasteiger charge is 1.99. The summed E-state index contributed by atoms with van der Waals surface area (Å²) in [5.41, 5.74) is 2.27. The normalized spacial score (nSPS) is 11.2. The molecule has 0 atom stereocenters. The van der Waals surface area contributed by atoms with Crippen LogP contribution in [0.15, 0.2) is 30.3 Å². The van der Waals surface area contributed by atoms with Crippen LogP contribution in [0.1, 0.15) is 25.0 Å². The van der Waals surface area contributed by atoms with Crippen molar-refractivity contribution in [1.29, 1.82) is 0 Å². The molecule has 3 heteroatoms. The molecule has 0 radical (unpaired) electrons. The van der Waals surface area contributed by atoms with Crippen molar-refractivity contribution in [3.63, 3.8) is 0 Å². The standard InChI is InChI=1S/C16H24N2O/c1-4-18(5-2)13-12-17-16(19)11-10-15-8-6-14(3)7-9-15/h6-11H,4-5,12-13H2,1-3H3,(H,17,19)/b11-10+. The van der Waals surface area contributed by atoms with Crippen molar-refractivity contribution in [1.82, 2.24) is 10.2 Å². The van der Waals surface area contributed by atoms with Crippen LogP contribution in [-0.2, 0) is 4.79 Å². The largest absolute Gasteiger partial charge is 0.351 e. The number of nitrogens with one attached hydrogen (secondary N) is 1. The van der Waals surface area contributed by atoms with E-state index in [2.05, 4.69) is 24.1 Å². The molecule has 1 N–H and O–H groups in total. The molecule has 0 aliphatic heterocycles. The smallest absolute Gasteiger partial charge is 0.244 e. The van der Waals surface area contributed by atoms with Gasteiger partial charge in [-0.05, 0) is 31.7 Å². The van der Waals surface area contributed by atoms with Crippen molar-refractivity contribution in [2.75, 3.05) is 26.2 Å². The highest BCUT2D eigenvalue weighted by Crippen LogP contribution is 2.04. The predicted octanol–water partition coefficient (Wildman–Crippen LogP) is 2.47. The summed E-state index contributed by atoms with van der Waals surface area (Å²) in [6.07, 6.45) is 3.43. The van der Waals surface area contributed by atoms with Gasteiger partial charge in [-0.3, -0.25) is 4.79 Å². The first-order valence-corrected chi connectivity index (χ1v) is 6.90. The van der Waals surface area contributed by atoms with Gasteiger partial charge in [0.2, 0.25) is 5.91 Å². The van der Waals surface area contributed by atoms with Gasteiger partial charge in [0, 0.05) is 19.2 Å². The molecule has 0 fully saturated rings. The van der Waals surface area contributed by atoms with E-state index in [-0.39, 0.29) is 5.91 Å². The highest BCUT2D eigenvalue weighted by molar-refractivity contribution is 5.91. The second-order valence-corrected chi connectivity index (χ2v) is 4.56. The number of benzene rings is 1. The molecule has 1 amide bonds. The molecule has 0 spiro atoms. The number of aryl methyl sites for hydroxylation is 1. The lowest BCUT2D eigenvalue weighted by Crippen LogP contribution is -2.34. The van der Waals surface area contributed by atoms with Gasteiger partial charge in [0.15, 0.2) is 0 Å². The number of carbonyl (C=O) groups excluding carboxylic acids is 1. The van der Waals surface area contributed by atoms with Crippen molar-refractivity contribution in [2.45, 2.75) is 20.8 Å². The summed E-state index contributed by atoms with van der Waals surface area (Å²) in [6.45, 7) is 9.94. The maximum Gasteiger partial charge on any atom is 0.244 e. The summed E-state index contributed by atoms with van der Waals surface area (Å²) in [7, 11) is 0. The zero-order chi connectivity index (χ0) is 14.1. The van der Waals surface area contributed by atoms with Gasteiger partial charge in [0.1, 0.15) is 0 Å². The molecule has 0 saturated heterocycles. The summed E-state index contributed by atoms with van der Waals surface area (Å²) >= 11 is 0. The minimum atomic E-state index is -0.0345. The highest BCUT2D eigenvalue weighted by atomic mass is 16.1. The van der Waals surface area contributed by atoms with Crippen LogP contribution in [0.4, 0.5) is 0 Å². The molecule has 0 unspecified atom stereocenters. The third-order valence-electron chi connectivity index (χ3n) is 3.13. The van der Waals surface area contributed by atoms with E-state index in [0.717, 1.165) is 25.2 Å². The van der Waals surface area contributed by atoms with E-state index in [1.54, 1.807) is 6.08 Å². The minimum Gasteiger partial charge on any atom is -0.351 e. The van der Waals surface area contributed by atoms with Gasteiger partial charge in [-0.25, -0.2) is 0 Å². The van der Waals surface area contributed by atoms with E-state index < -0.39 is 0 Å². The summed E-state index contributed by atoms with van der Waals surface area (Å²) in [5, 5.41) is 2.90. The van der Waals surface area contributed by atoms with Crippen molar-refractivity contribution >= 4 is 12.0 Å². The van der Waals surface area contributed by atoms with Crippen LogP contribution in [0.5, 0.6) is 0 Å². The summed E-state index contributed by atoms with van der Waals surface area (Å²) in [4.78, 5) is 13.9. The van der Waals surface area contributed by atoms with Crippen LogP contribution >= 0.6 is 0 Å². The van der Waals surface area contributed by atoms with Crippen molar-refractivity contribution in [3.8, 4) is 0 Å². The Morgan fingerprint density at radius 3 is 2.42 bits per heavy atom. The van der Waals surface area contributed by atoms with E-state index in [9.17, 15) is 4.79 Å². The first kappa shape index (κ1) is 15.4. The molecule has 19 heavy (non-hydrogen) atoms. The monoisotopic (exact) mass is 260 g/mol. The van der Waals surface area contributed by atoms with E-state index in [4.69, 9.17) is 0 Å². The SMILES string of the molecule is CCN(CC)CCNC(=O)/C=C/c1ccc(C)cc1. The molecular weight excluding hydrogens is 236 g/mol. The number of nitrogens with zero attached hydrogens (tertiary/aromatic N) is 1. The fourth-order valence-electron chi connectivity index (χ4n) is 1.79. The van der Waals surface area contributed by atoms with Crippen LogP contribution < -0.4 is 5.32 Å². The van der Waals surface area contributed by atoms with Crippen LogP contribution in [0, 0.1) is 6.92 Å². The van der Waals surface area contributed by atoms with E-state index in [1.807, 2.05) is 37.3 Å². The van der Waals surface area contributed by atoms with E-state index >= 15 is 0 Å². The molecule has 0 heterocycles. The lowest BCUT2D eigenvalue weighted by Gasteiger charge is -2.17. The third-order valence-corrected chi connectivity index (χ3v) is 3.13. The van der Waals surface area contributed by atoms with Crippen LogP contribution in [-0.4, -0.2) is 37.0 Å². The van der Waals surface area contributed by atoms with Gasteiger partial charge in [-0.2, -0.15) is 0 Å². The van der Waals surface area contributed by atoms with Crippen molar-refractivity contribution < 1.29 is 4.79 Å². The average molecular weight is 260 g/mol. The Bertz CT molecular complexity index is 405. The van der Waals surface area contributed by atoms with Crippen molar-refractivity contribution in [2.24, 2.45) is 0 Å². The minimum absolute atomic E-state index is 0.0345. The molecule has 0 aromatic heterocycles. The summed E-state index contributed by atoms with van der Waals surface area (Å²) < 4.78 is 0. The molecule has 1 rings (SSSR count). The number of likely N-dealkylation sites (N-methyl/N-ethyl adjacent to an activating group) is 1. The quantitative estimate of drug-likeness (QED) is 0.764. The number of amides is 1. The Balaban J connectivity index is 2.32. The molecule has 0 aliphatic carbocycles. The van der Waals surface area contributed by atoms with Crippen molar-refractivity contribution in [3.05, 3.63) is 41.5 Å². The lowest BCUT2D eigenvalue weighted by atomic mass is 10.1. The van der Waals surface area contributed by atoms with Gasteiger partial charge in [-0.15, -0.1) is 0 Å². The van der Waals surface area contributed by atoms with Gasteiger partial charge in [0.25, 0.3) is 0 Å². The van der Waals surface area contributed by atoms with Gasteiger partial charge in [-0.1, -0.05) is 43.7 Å². The topological polar surface area (TPSA) is 32.3 Å². The van der Waals surface area contributed by atoms with Gasteiger partial charge in [0.05, 0.1) is 0 Å². The zero-order valence-electron chi connectivity index (χ0n) is 12.1. The molecule has 0 aliphatic rings. The number of rotatable bonds is 7. The van der Waals surface area contributed by atoms with Gasteiger partial charge < -0.3 is 10.2 Å². The Hall–Kier alpha value is -1.61. The van der Waals surface area contributed by atoms with Crippen LogP contribution in [0.3, 0.4) is 0 Å². The van der Waals surface area contributed by atoms with E-state index in [1.165, 1.54) is 5.56 Å². The maximum atomic E-state index is 11.6. The molecule has 3 nitrogen and oxygen atoms in total. The Morgan fingerprint density at radius 1 is 1.21 bits per heavy atom. The third kappa shape index (κ3) is 6.20. The molecule has 0 saturated carbocycles. The molecule has 1 aromatic rings. The Labute approximate surface area is 116 Å². The fourth-order valence-corrected chi connectivity index (χ4v) is 1.79. The average Bonchev–Trinajstić information content (AvgIpc) is 2.43. The predicted molar refractivity (Wildman–Crippen MR) is 81.0 cm³/mol. The molecule has 104 valence electrons. The number of hydrogen-bond acceptors (Lipinski definition) is 2. The number of hydrogen-bond donors (Lipinski definition) is 1. The lowest BCUT2D eigenvalue weighted by molar-refractivity contribution is -0.116. The van der Waals surface area contributed by atoms with Gasteiger partial charge >= 0.3 is 0 Å². The van der Waals surface area contributed by atoms with E-state index in [0.29, 0.717) is 6.54 Å². The molecule has 0 bridgehead atoms. The second-order valence-electron chi connectivity index (χ2n) is 4.56. The fraction of sp³-hybridized carbons (Fsp3) is 0.438. The molecular formula is C16H24N2O. The molecule has 1 aromatic carbocycles. The Morgan fingerprint density at radius 2 is 1.84 bits per heavy atom.